The summed E-state index contributed by atoms with van der Waals surface area (Å²) in [7, 11) is 0. The van der Waals surface area contributed by atoms with Crippen molar-refractivity contribution in [3.8, 4) is 0 Å². The highest BCUT2D eigenvalue weighted by molar-refractivity contribution is 5.95. The van der Waals surface area contributed by atoms with E-state index in [9.17, 15) is 4.79 Å². The van der Waals surface area contributed by atoms with Crippen molar-refractivity contribution in [2.75, 3.05) is 5.32 Å². The van der Waals surface area contributed by atoms with Crippen LogP contribution in [0.4, 0.5) is 5.69 Å². The van der Waals surface area contributed by atoms with Gasteiger partial charge in [-0.3, -0.25) is 0 Å². The van der Waals surface area contributed by atoms with Crippen molar-refractivity contribution in [3.63, 3.8) is 0 Å². The van der Waals surface area contributed by atoms with Gasteiger partial charge in [-0.05, 0) is 39.3 Å². The predicted octanol–water partition coefficient (Wildman–Crippen LogP) is 2.90. The molecule has 0 atom stereocenters. The van der Waals surface area contributed by atoms with E-state index in [2.05, 4.69) is 5.32 Å². The van der Waals surface area contributed by atoms with Crippen LogP contribution >= 0.6 is 0 Å². The third kappa shape index (κ3) is 2.98. The molecule has 0 aliphatic rings. The molecule has 0 saturated carbocycles. The summed E-state index contributed by atoms with van der Waals surface area (Å²) < 4.78 is 0. The molecule has 0 aromatic heterocycles. The molecule has 1 aromatic rings. The molecule has 0 bridgehead atoms. The zero-order chi connectivity index (χ0) is 11.6. The number of nitrogens with one attached hydrogen (secondary N) is 1. The van der Waals surface area contributed by atoms with E-state index >= 15 is 0 Å². The van der Waals surface area contributed by atoms with Crippen LogP contribution in [0.25, 0.3) is 0 Å². The Balaban J connectivity index is 3.18. The summed E-state index contributed by atoms with van der Waals surface area (Å²) in [6.45, 7) is 7.81. The van der Waals surface area contributed by atoms with Gasteiger partial charge in [0.15, 0.2) is 0 Å². The fourth-order valence-electron chi connectivity index (χ4n) is 1.46. The molecule has 0 heterocycles. The van der Waals surface area contributed by atoms with Gasteiger partial charge in [0.1, 0.15) is 0 Å². The van der Waals surface area contributed by atoms with Gasteiger partial charge in [0, 0.05) is 11.2 Å². The van der Waals surface area contributed by atoms with Gasteiger partial charge in [-0.2, -0.15) is 0 Å². The van der Waals surface area contributed by atoms with Crippen molar-refractivity contribution in [1.82, 2.24) is 0 Å². The molecule has 0 fully saturated rings. The highest BCUT2D eigenvalue weighted by Gasteiger charge is 2.17. The third-order valence-corrected chi connectivity index (χ3v) is 2.00. The molecule has 1 aromatic carbocycles. The second kappa shape index (κ2) is 3.93. The van der Waals surface area contributed by atoms with Crippen LogP contribution in [-0.2, 0) is 0 Å². The summed E-state index contributed by atoms with van der Waals surface area (Å²) in [4.78, 5) is 11.1. The normalized spacial score (nSPS) is 11.2. The molecule has 0 radical (unpaired) electrons. The molecule has 2 N–H and O–H groups in total. The first kappa shape index (κ1) is 11.6. The Kier molecular flexibility index (Phi) is 3.03. The number of aromatic carboxylic acids is 1. The van der Waals surface area contributed by atoms with Gasteiger partial charge in [0.2, 0.25) is 0 Å². The molecular weight excluding hydrogens is 190 g/mol. The zero-order valence-corrected chi connectivity index (χ0v) is 9.59. The predicted molar refractivity (Wildman–Crippen MR) is 61.5 cm³/mol. The zero-order valence-electron chi connectivity index (χ0n) is 9.59. The monoisotopic (exact) mass is 207 g/mol. The lowest BCUT2D eigenvalue weighted by Gasteiger charge is -2.23. The molecule has 15 heavy (non-hydrogen) atoms. The van der Waals surface area contributed by atoms with Gasteiger partial charge >= 0.3 is 5.97 Å². The minimum absolute atomic E-state index is 0.141. The van der Waals surface area contributed by atoms with E-state index in [0.717, 1.165) is 5.56 Å². The van der Waals surface area contributed by atoms with E-state index in [-0.39, 0.29) is 5.54 Å². The number of anilines is 1. The fourth-order valence-corrected chi connectivity index (χ4v) is 1.46. The van der Waals surface area contributed by atoms with Gasteiger partial charge in [0.25, 0.3) is 0 Å². The number of hydrogen-bond acceptors (Lipinski definition) is 2. The molecule has 0 aliphatic carbocycles. The van der Waals surface area contributed by atoms with Gasteiger partial charge in [0.05, 0.1) is 5.56 Å². The molecule has 0 unspecified atom stereocenters. The first-order chi connectivity index (χ1) is 6.81. The summed E-state index contributed by atoms with van der Waals surface area (Å²) in [6, 6.07) is 5.45. The standard InChI is InChI=1S/C12H17NO2/c1-8-6-5-7-9(10(8)11(14)15)13-12(2,3)4/h5-7,13H,1-4H3,(H,14,15). The van der Waals surface area contributed by atoms with Crippen molar-refractivity contribution in [3.05, 3.63) is 29.3 Å². The van der Waals surface area contributed by atoms with Gasteiger partial charge in [-0.25, -0.2) is 4.79 Å². The maximum Gasteiger partial charge on any atom is 0.338 e. The fraction of sp³-hybridized carbons (Fsp3) is 0.417. The Morgan fingerprint density at radius 1 is 1.33 bits per heavy atom. The maximum absolute atomic E-state index is 11.1. The van der Waals surface area contributed by atoms with E-state index < -0.39 is 5.97 Å². The number of carboxylic acid groups (broad SMARTS) is 1. The molecule has 0 aliphatic heterocycles. The van der Waals surface area contributed by atoms with Crippen molar-refractivity contribution in [2.45, 2.75) is 33.2 Å². The van der Waals surface area contributed by atoms with E-state index in [4.69, 9.17) is 5.11 Å². The van der Waals surface area contributed by atoms with Crippen molar-refractivity contribution in [1.29, 1.82) is 0 Å². The maximum atomic E-state index is 11.1. The molecular formula is C12H17NO2. The topological polar surface area (TPSA) is 49.3 Å². The number of carboxylic acids is 1. The van der Waals surface area contributed by atoms with Crippen LogP contribution in [-0.4, -0.2) is 16.6 Å². The summed E-state index contributed by atoms with van der Waals surface area (Å²) in [5, 5.41) is 12.3. The van der Waals surface area contributed by atoms with Crippen molar-refractivity contribution < 1.29 is 9.90 Å². The number of rotatable bonds is 2. The number of aryl methyl sites for hydroxylation is 1. The number of hydrogen-bond donors (Lipinski definition) is 2. The minimum atomic E-state index is -0.889. The lowest BCUT2D eigenvalue weighted by atomic mass is 10.0. The third-order valence-electron chi connectivity index (χ3n) is 2.00. The summed E-state index contributed by atoms with van der Waals surface area (Å²) in [5.74, 6) is -0.889. The van der Waals surface area contributed by atoms with E-state index in [1.54, 1.807) is 19.1 Å². The molecule has 3 nitrogen and oxygen atoms in total. The Bertz CT molecular complexity index is 378. The molecule has 0 spiro atoms. The van der Waals surface area contributed by atoms with Crippen LogP contribution < -0.4 is 5.32 Å². The summed E-state index contributed by atoms with van der Waals surface area (Å²) in [6.07, 6.45) is 0. The largest absolute Gasteiger partial charge is 0.478 e. The average Bonchev–Trinajstić information content (AvgIpc) is 1.99. The van der Waals surface area contributed by atoms with Gasteiger partial charge in [-0.1, -0.05) is 12.1 Å². The molecule has 0 saturated heterocycles. The minimum Gasteiger partial charge on any atom is -0.478 e. The van der Waals surface area contributed by atoms with E-state index in [0.29, 0.717) is 11.3 Å². The lowest BCUT2D eigenvalue weighted by molar-refractivity contribution is 0.0697. The first-order valence-electron chi connectivity index (χ1n) is 4.92. The van der Waals surface area contributed by atoms with E-state index in [1.165, 1.54) is 0 Å². The smallest absolute Gasteiger partial charge is 0.338 e. The van der Waals surface area contributed by atoms with Crippen LogP contribution in [0.1, 0.15) is 36.7 Å². The Hall–Kier alpha value is -1.51. The van der Waals surface area contributed by atoms with Crippen molar-refractivity contribution in [2.24, 2.45) is 0 Å². The van der Waals surface area contributed by atoms with Gasteiger partial charge in [-0.15, -0.1) is 0 Å². The molecule has 82 valence electrons. The van der Waals surface area contributed by atoms with Crippen molar-refractivity contribution >= 4 is 11.7 Å². The first-order valence-corrected chi connectivity index (χ1v) is 4.92. The quantitative estimate of drug-likeness (QED) is 0.784. The Morgan fingerprint density at radius 2 is 1.93 bits per heavy atom. The van der Waals surface area contributed by atoms with Crippen LogP contribution in [0.15, 0.2) is 18.2 Å². The molecule has 1 rings (SSSR count). The number of carbonyl (C=O) groups is 1. The Labute approximate surface area is 90.1 Å². The van der Waals surface area contributed by atoms with Crippen LogP contribution in [0.2, 0.25) is 0 Å². The van der Waals surface area contributed by atoms with E-state index in [1.807, 2.05) is 26.8 Å². The second-order valence-electron chi connectivity index (χ2n) is 4.68. The van der Waals surface area contributed by atoms with Crippen LogP contribution in [0, 0.1) is 6.92 Å². The summed E-state index contributed by atoms with van der Waals surface area (Å²) in [5.41, 5.74) is 1.66. The van der Waals surface area contributed by atoms with Crippen LogP contribution in [0.3, 0.4) is 0 Å². The lowest BCUT2D eigenvalue weighted by Crippen LogP contribution is -2.27. The highest BCUT2D eigenvalue weighted by Crippen LogP contribution is 2.22. The number of benzene rings is 1. The SMILES string of the molecule is Cc1cccc(NC(C)(C)C)c1C(=O)O. The van der Waals surface area contributed by atoms with Crippen LogP contribution in [0.5, 0.6) is 0 Å². The average molecular weight is 207 g/mol. The van der Waals surface area contributed by atoms with Gasteiger partial charge < -0.3 is 10.4 Å². The summed E-state index contributed by atoms with van der Waals surface area (Å²) >= 11 is 0. The highest BCUT2D eigenvalue weighted by atomic mass is 16.4. The Morgan fingerprint density at radius 3 is 2.40 bits per heavy atom. The molecule has 0 amide bonds. The second-order valence-corrected chi connectivity index (χ2v) is 4.68. The molecule has 3 heteroatoms.